The summed E-state index contributed by atoms with van der Waals surface area (Å²) in [5.74, 6) is 0.479. The zero-order chi connectivity index (χ0) is 15.8. The van der Waals surface area contributed by atoms with Crippen LogP contribution in [0.2, 0.25) is 0 Å². The third-order valence-electron chi connectivity index (χ3n) is 4.91. The highest BCUT2D eigenvalue weighted by Gasteiger charge is 2.25. The van der Waals surface area contributed by atoms with E-state index in [9.17, 15) is 0 Å². The van der Waals surface area contributed by atoms with E-state index < -0.39 is 0 Å². The fourth-order valence-electron chi connectivity index (χ4n) is 3.48. The number of fused-ring (bicyclic) bond motifs is 2. The van der Waals surface area contributed by atoms with Crippen molar-refractivity contribution in [2.45, 2.75) is 6.04 Å². The van der Waals surface area contributed by atoms with Gasteiger partial charge >= 0.3 is 0 Å². The van der Waals surface area contributed by atoms with Crippen molar-refractivity contribution >= 4 is 17.0 Å². The highest BCUT2D eigenvalue weighted by molar-refractivity contribution is 5.76. The van der Waals surface area contributed by atoms with Gasteiger partial charge in [0.25, 0.3) is 0 Å². The molecular formula is C21H21ClN2. The molecule has 0 saturated carbocycles. The van der Waals surface area contributed by atoms with Crippen LogP contribution >= 0.6 is 0 Å². The number of aryl methyl sites for hydroxylation is 1. The van der Waals surface area contributed by atoms with Crippen molar-refractivity contribution in [1.82, 2.24) is 4.90 Å². The standard InChI is InChI=1S/C21H21N2.ClH/c1-22-18(13-11-16-7-3-5-9-20(16)22)15-19-14-12-17-8-4-6-10-21(17)23(19)2;/h3-16,20H,1-2H3;1H/q+1;/p-1. The Morgan fingerprint density at radius 1 is 1.00 bits per heavy atom. The minimum Gasteiger partial charge on any atom is -1.00 e. The third kappa shape index (κ3) is 2.78. The Balaban J connectivity index is 0.00000169. The van der Waals surface area contributed by atoms with E-state index >= 15 is 0 Å². The number of pyridine rings is 1. The Bertz CT molecular complexity index is 877. The number of hydrogen-bond donors (Lipinski definition) is 0. The minimum atomic E-state index is 0. The largest absolute Gasteiger partial charge is 1.00 e. The number of halogens is 1. The fourth-order valence-corrected chi connectivity index (χ4v) is 3.48. The molecule has 122 valence electrons. The molecule has 0 amide bonds. The fraction of sp³-hybridized carbons (Fsp3) is 0.190. The van der Waals surface area contributed by atoms with Crippen molar-refractivity contribution in [2.24, 2.45) is 13.0 Å². The van der Waals surface area contributed by atoms with Crippen molar-refractivity contribution in [1.29, 1.82) is 0 Å². The lowest BCUT2D eigenvalue weighted by atomic mass is 9.90. The maximum atomic E-state index is 2.36. The summed E-state index contributed by atoms with van der Waals surface area (Å²) in [7, 11) is 4.31. The Kier molecular flexibility index (Phi) is 4.59. The molecule has 1 aliphatic heterocycles. The molecule has 1 aliphatic carbocycles. The molecule has 1 aromatic carbocycles. The van der Waals surface area contributed by atoms with Gasteiger partial charge in [-0.15, -0.1) is 0 Å². The molecule has 2 aromatic rings. The second-order valence-corrected chi connectivity index (χ2v) is 6.25. The highest BCUT2D eigenvalue weighted by Crippen LogP contribution is 2.28. The molecule has 2 aliphatic rings. The van der Waals surface area contributed by atoms with Gasteiger partial charge in [0.15, 0.2) is 0 Å². The molecule has 2 unspecified atom stereocenters. The van der Waals surface area contributed by atoms with Crippen molar-refractivity contribution in [3.8, 4) is 0 Å². The molecule has 0 fully saturated rings. The van der Waals surface area contributed by atoms with Crippen LogP contribution < -0.4 is 17.0 Å². The third-order valence-corrected chi connectivity index (χ3v) is 4.91. The van der Waals surface area contributed by atoms with E-state index in [0.717, 1.165) is 0 Å². The second kappa shape index (κ2) is 6.66. The zero-order valence-electron chi connectivity index (χ0n) is 13.9. The number of rotatable bonds is 1. The van der Waals surface area contributed by atoms with Gasteiger partial charge in [0.05, 0.1) is 6.04 Å². The van der Waals surface area contributed by atoms with E-state index in [1.807, 2.05) is 0 Å². The average molecular weight is 337 g/mol. The molecule has 2 heterocycles. The number of likely N-dealkylation sites (N-methyl/N-ethyl adjacent to an activating group) is 1. The number of nitrogens with zero attached hydrogens (tertiary/aromatic N) is 2. The summed E-state index contributed by atoms with van der Waals surface area (Å²) in [6.45, 7) is 0. The lowest BCUT2D eigenvalue weighted by Gasteiger charge is -2.36. The smallest absolute Gasteiger partial charge is 0.212 e. The first-order valence-corrected chi connectivity index (χ1v) is 8.09. The molecule has 3 heteroatoms. The topological polar surface area (TPSA) is 7.12 Å². The van der Waals surface area contributed by atoms with Gasteiger partial charge in [-0.05, 0) is 18.2 Å². The van der Waals surface area contributed by atoms with Gasteiger partial charge in [0.1, 0.15) is 7.05 Å². The summed E-state index contributed by atoms with van der Waals surface area (Å²) in [5.41, 5.74) is 3.71. The van der Waals surface area contributed by atoms with E-state index in [-0.39, 0.29) is 12.4 Å². The maximum absolute atomic E-state index is 2.36. The molecule has 2 atom stereocenters. The van der Waals surface area contributed by atoms with Crippen LogP contribution in [-0.2, 0) is 7.05 Å². The summed E-state index contributed by atoms with van der Waals surface area (Å²) >= 11 is 0. The van der Waals surface area contributed by atoms with Crippen LogP contribution in [0.25, 0.3) is 17.0 Å². The van der Waals surface area contributed by atoms with Gasteiger partial charge in [-0.3, -0.25) is 0 Å². The summed E-state index contributed by atoms with van der Waals surface area (Å²) in [6, 6.07) is 13.3. The van der Waals surface area contributed by atoms with E-state index in [0.29, 0.717) is 12.0 Å². The molecule has 0 spiro atoms. The van der Waals surface area contributed by atoms with E-state index in [1.54, 1.807) is 0 Å². The van der Waals surface area contributed by atoms with Crippen LogP contribution in [0.5, 0.6) is 0 Å². The SMILES string of the molecule is CN1/C(=C/c2ccc3ccccc3[n+]2C)C=CC2C=CC=CC21.[Cl-]. The summed E-state index contributed by atoms with van der Waals surface area (Å²) in [5, 5.41) is 1.27. The van der Waals surface area contributed by atoms with Gasteiger partial charge in [-0.1, -0.05) is 42.5 Å². The van der Waals surface area contributed by atoms with E-state index in [2.05, 4.69) is 102 Å². The Hall–Kier alpha value is -2.32. The van der Waals surface area contributed by atoms with Gasteiger partial charge in [0, 0.05) is 42.3 Å². The number of benzene rings is 1. The van der Waals surface area contributed by atoms with Gasteiger partial charge in [0.2, 0.25) is 11.2 Å². The van der Waals surface area contributed by atoms with Crippen molar-refractivity contribution < 1.29 is 17.0 Å². The Morgan fingerprint density at radius 3 is 2.67 bits per heavy atom. The second-order valence-electron chi connectivity index (χ2n) is 6.25. The van der Waals surface area contributed by atoms with Crippen LogP contribution in [0.15, 0.2) is 78.6 Å². The van der Waals surface area contributed by atoms with Gasteiger partial charge in [-0.2, -0.15) is 4.57 Å². The molecule has 0 saturated heterocycles. The van der Waals surface area contributed by atoms with Gasteiger partial charge in [-0.25, -0.2) is 0 Å². The molecule has 0 N–H and O–H groups in total. The molecule has 2 nitrogen and oxygen atoms in total. The first kappa shape index (κ1) is 16.5. The first-order chi connectivity index (χ1) is 11.2. The lowest BCUT2D eigenvalue weighted by Crippen LogP contribution is -3.00. The van der Waals surface area contributed by atoms with Crippen LogP contribution in [0.3, 0.4) is 0 Å². The maximum Gasteiger partial charge on any atom is 0.212 e. The molecule has 0 bridgehead atoms. The van der Waals surface area contributed by atoms with Crippen LogP contribution in [0.1, 0.15) is 5.69 Å². The molecule has 1 aromatic heterocycles. The van der Waals surface area contributed by atoms with E-state index in [1.165, 1.54) is 22.3 Å². The average Bonchev–Trinajstić information content (AvgIpc) is 2.60. The van der Waals surface area contributed by atoms with Crippen LogP contribution in [0.4, 0.5) is 0 Å². The predicted molar refractivity (Wildman–Crippen MR) is 95.6 cm³/mol. The minimum absolute atomic E-state index is 0. The first-order valence-electron chi connectivity index (χ1n) is 8.09. The lowest BCUT2D eigenvalue weighted by molar-refractivity contribution is -0.646. The highest BCUT2D eigenvalue weighted by atomic mass is 35.5. The number of aromatic nitrogens is 1. The summed E-state index contributed by atoms with van der Waals surface area (Å²) < 4.78 is 2.26. The predicted octanol–water partition coefficient (Wildman–Crippen LogP) is 0.622. The van der Waals surface area contributed by atoms with E-state index in [4.69, 9.17) is 0 Å². The van der Waals surface area contributed by atoms with Crippen molar-refractivity contribution in [2.75, 3.05) is 7.05 Å². The Morgan fingerprint density at radius 2 is 1.79 bits per heavy atom. The van der Waals surface area contributed by atoms with Crippen LogP contribution in [0, 0.1) is 5.92 Å². The molecule has 0 radical (unpaired) electrons. The summed E-state index contributed by atoms with van der Waals surface area (Å²) in [4.78, 5) is 2.36. The Labute approximate surface area is 149 Å². The van der Waals surface area contributed by atoms with Crippen molar-refractivity contribution in [3.05, 3.63) is 84.2 Å². The zero-order valence-corrected chi connectivity index (χ0v) is 14.7. The quantitative estimate of drug-likeness (QED) is 0.693. The molecule has 24 heavy (non-hydrogen) atoms. The normalized spacial score (nSPS) is 23.4. The number of para-hydroxylation sites is 1. The molecular weight excluding hydrogens is 316 g/mol. The van der Waals surface area contributed by atoms with Crippen LogP contribution in [-0.4, -0.2) is 18.0 Å². The number of hydrogen-bond acceptors (Lipinski definition) is 1. The summed E-state index contributed by atoms with van der Waals surface area (Å²) in [6.07, 6.45) is 15.6. The van der Waals surface area contributed by atoms with Gasteiger partial charge < -0.3 is 17.3 Å². The van der Waals surface area contributed by atoms with Crippen molar-refractivity contribution in [3.63, 3.8) is 0 Å². The molecule has 4 rings (SSSR count). The monoisotopic (exact) mass is 336 g/mol. The number of allylic oxidation sites excluding steroid dienone is 3.